The van der Waals surface area contributed by atoms with E-state index in [-0.39, 0.29) is 5.11 Å². The van der Waals surface area contributed by atoms with Gasteiger partial charge >= 0.3 is 0 Å². The first-order valence-electron chi connectivity index (χ1n) is 4.27. The fourth-order valence-electron chi connectivity index (χ4n) is 1.21. The Morgan fingerprint density at radius 2 is 2.47 bits per heavy atom. The average molecular weight is 219 g/mol. The van der Waals surface area contributed by atoms with Crippen molar-refractivity contribution in [3.63, 3.8) is 0 Å². The fraction of sp³-hybridized carbons (Fsp3) is 0. The molecule has 4 N–H and O–H groups in total. The lowest BCUT2D eigenvalue weighted by Gasteiger charge is -1.95. The molecule has 0 fully saturated rings. The minimum atomic E-state index is 0.149. The van der Waals surface area contributed by atoms with E-state index >= 15 is 0 Å². The molecule has 1 aromatic heterocycles. The first-order chi connectivity index (χ1) is 7.25. The number of thiocarbonyl (C=S) groups is 1. The minimum absolute atomic E-state index is 0.149. The molecule has 0 saturated heterocycles. The molecule has 2 rings (SSSR count). The summed E-state index contributed by atoms with van der Waals surface area (Å²) < 4.78 is 0. The zero-order chi connectivity index (χ0) is 10.7. The Morgan fingerprint density at radius 1 is 1.60 bits per heavy atom. The van der Waals surface area contributed by atoms with Crippen molar-refractivity contribution in [2.24, 2.45) is 10.8 Å². The standard InChI is InChI=1S/C9H9N5S/c10-9(15)14-11-4-6-1-2-8-7(3-6)5-12-13-8/h1-5H,(H,12,13)(H3,10,14,15)/b11-4+. The van der Waals surface area contributed by atoms with Gasteiger partial charge < -0.3 is 5.73 Å². The van der Waals surface area contributed by atoms with Gasteiger partial charge in [-0.1, -0.05) is 6.07 Å². The van der Waals surface area contributed by atoms with Crippen molar-refractivity contribution in [3.8, 4) is 0 Å². The van der Waals surface area contributed by atoms with Gasteiger partial charge in [-0.15, -0.1) is 0 Å². The summed E-state index contributed by atoms with van der Waals surface area (Å²) in [5.41, 5.74) is 9.66. The summed E-state index contributed by atoms with van der Waals surface area (Å²) in [6.07, 6.45) is 3.40. The number of hydrogen-bond acceptors (Lipinski definition) is 3. The average Bonchev–Trinajstić information content (AvgIpc) is 2.64. The Labute approximate surface area is 91.4 Å². The molecule has 2 aromatic rings. The molecule has 0 saturated carbocycles. The molecule has 0 aliphatic rings. The van der Waals surface area contributed by atoms with Crippen LogP contribution in [0.15, 0.2) is 29.5 Å². The third-order valence-electron chi connectivity index (χ3n) is 1.85. The van der Waals surface area contributed by atoms with Crippen molar-refractivity contribution in [2.75, 3.05) is 0 Å². The van der Waals surface area contributed by atoms with E-state index in [9.17, 15) is 0 Å². The Balaban J connectivity index is 2.21. The van der Waals surface area contributed by atoms with E-state index in [4.69, 9.17) is 5.73 Å². The van der Waals surface area contributed by atoms with Crippen LogP contribution >= 0.6 is 12.2 Å². The van der Waals surface area contributed by atoms with Gasteiger partial charge in [0.05, 0.1) is 17.9 Å². The highest BCUT2D eigenvalue weighted by Gasteiger charge is 1.95. The van der Waals surface area contributed by atoms with Crippen LogP contribution in [0.1, 0.15) is 5.56 Å². The molecule has 0 atom stereocenters. The van der Waals surface area contributed by atoms with Crippen LogP contribution in [0, 0.1) is 0 Å². The maximum atomic E-state index is 5.22. The lowest BCUT2D eigenvalue weighted by Crippen LogP contribution is -2.23. The molecule has 0 spiro atoms. The zero-order valence-electron chi connectivity index (χ0n) is 7.77. The molecule has 5 nitrogen and oxygen atoms in total. The molecule has 0 aliphatic carbocycles. The molecule has 0 bridgehead atoms. The van der Waals surface area contributed by atoms with Crippen molar-refractivity contribution in [1.29, 1.82) is 0 Å². The van der Waals surface area contributed by atoms with Crippen molar-refractivity contribution in [2.45, 2.75) is 0 Å². The smallest absolute Gasteiger partial charge is 0.184 e. The number of nitrogens with two attached hydrogens (primary N) is 1. The Hall–Kier alpha value is -1.95. The summed E-state index contributed by atoms with van der Waals surface area (Å²) in [4.78, 5) is 0. The molecule has 0 aliphatic heterocycles. The van der Waals surface area contributed by atoms with Crippen molar-refractivity contribution in [3.05, 3.63) is 30.0 Å². The molecular formula is C9H9N5S. The quantitative estimate of drug-likeness (QED) is 0.395. The van der Waals surface area contributed by atoms with E-state index in [0.29, 0.717) is 0 Å². The van der Waals surface area contributed by atoms with Crippen LogP contribution in [0.4, 0.5) is 0 Å². The van der Waals surface area contributed by atoms with Crippen LogP contribution in [0.5, 0.6) is 0 Å². The topological polar surface area (TPSA) is 79.1 Å². The summed E-state index contributed by atoms with van der Waals surface area (Å²) >= 11 is 4.61. The van der Waals surface area contributed by atoms with E-state index in [1.807, 2.05) is 18.2 Å². The predicted molar refractivity (Wildman–Crippen MR) is 63.6 cm³/mol. The van der Waals surface area contributed by atoms with Crippen LogP contribution in [0.25, 0.3) is 10.9 Å². The van der Waals surface area contributed by atoms with E-state index in [2.05, 4.69) is 32.9 Å². The zero-order valence-corrected chi connectivity index (χ0v) is 8.58. The number of nitrogens with one attached hydrogen (secondary N) is 2. The second kappa shape index (κ2) is 4.05. The highest BCUT2D eigenvalue weighted by atomic mass is 32.1. The molecule has 0 unspecified atom stereocenters. The van der Waals surface area contributed by atoms with Crippen LogP contribution in [0.3, 0.4) is 0 Å². The van der Waals surface area contributed by atoms with Gasteiger partial charge in [-0.25, -0.2) is 0 Å². The van der Waals surface area contributed by atoms with Gasteiger partial charge in [-0.05, 0) is 29.9 Å². The van der Waals surface area contributed by atoms with Gasteiger partial charge in [0, 0.05) is 5.39 Å². The van der Waals surface area contributed by atoms with Gasteiger partial charge in [0.2, 0.25) is 0 Å². The highest BCUT2D eigenvalue weighted by molar-refractivity contribution is 7.80. The van der Waals surface area contributed by atoms with E-state index in [1.54, 1.807) is 12.4 Å². The summed E-state index contributed by atoms with van der Waals surface area (Å²) in [5, 5.41) is 11.8. The summed E-state index contributed by atoms with van der Waals surface area (Å²) in [6, 6.07) is 5.82. The van der Waals surface area contributed by atoms with Crippen LogP contribution < -0.4 is 11.2 Å². The normalized spacial score (nSPS) is 10.9. The third-order valence-corrected chi connectivity index (χ3v) is 1.94. The molecule has 0 amide bonds. The number of H-pyrrole nitrogens is 1. The number of hydrogen-bond donors (Lipinski definition) is 3. The van der Waals surface area contributed by atoms with Crippen LogP contribution in [-0.2, 0) is 0 Å². The second-order valence-electron chi connectivity index (χ2n) is 2.95. The fourth-order valence-corrected chi connectivity index (χ4v) is 1.26. The number of rotatable bonds is 2. The van der Waals surface area contributed by atoms with Gasteiger partial charge in [-0.3, -0.25) is 10.5 Å². The first-order valence-corrected chi connectivity index (χ1v) is 4.68. The maximum absolute atomic E-state index is 5.22. The molecule has 1 heterocycles. The summed E-state index contributed by atoms with van der Waals surface area (Å²) in [5.74, 6) is 0. The van der Waals surface area contributed by atoms with Gasteiger partial charge in [0.1, 0.15) is 0 Å². The SMILES string of the molecule is NC(=S)N/N=C/c1ccc2[nH]ncc2c1. The maximum Gasteiger partial charge on any atom is 0.184 e. The van der Waals surface area contributed by atoms with Crippen molar-refractivity contribution < 1.29 is 0 Å². The van der Waals surface area contributed by atoms with Crippen LogP contribution in [-0.4, -0.2) is 21.5 Å². The van der Waals surface area contributed by atoms with Gasteiger partial charge in [0.25, 0.3) is 0 Å². The number of aromatic nitrogens is 2. The Bertz CT molecular complexity index is 516. The number of nitrogens with zero attached hydrogens (tertiary/aromatic N) is 2. The van der Waals surface area contributed by atoms with E-state index < -0.39 is 0 Å². The predicted octanol–water partition coefficient (Wildman–Crippen LogP) is 0.730. The molecule has 76 valence electrons. The molecule has 1 aromatic carbocycles. The first kappa shape index (κ1) is 9.60. The molecule has 15 heavy (non-hydrogen) atoms. The summed E-state index contributed by atoms with van der Waals surface area (Å²) in [6.45, 7) is 0. The Kier molecular flexibility index (Phi) is 2.59. The van der Waals surface area contributed by atoms with Crippen LogP contribution in [0.2, 0.25) is 0 Å². The number of benzene rings is 1. The van der Waals surface area contributed by atoms with E-state index in [1.165, 1.54) is 0 Å². The minimum Gasteiger partial charge on any atom is -0.375 e. The van der Waals surface area contributed by atoms with Gasteiger partial charge in [0.15, 0.2) is 5.11 Å². The van der Waals surface area contributed by atoms with E-state index in [0.717, 1.165) is 16.5 Å². The highest BCUT2D eigenvalue weighted by Crippen LogP contribution is 2.11. The lowest BCUT2D eigenvalue weighted by atomic mass is 10.2. The van der Waals surface area contributed by atoms with Crippen molar-refractivity contribution in [1.82, 2.24) is 15.6 Å². The number of aromatic amines is 1. The lowest BCUT2D eigenvalue weighted by molar-refractivity contribution is 1.04. The number of fused-ring (bicyclic) bond motifs is 1. The Morgan fingerprint density at radius 3 is 3.27 bits per heavy atom. The van der Waals surface area contributed by atoms with Gasteiger partial charge in [-0.2, -0.15) is 10.2 Å². The van der Waals surface area contributed by atoms with Crippen molar-refractivity contribution >= 4 is 34.4 Å². The number of hydrazone groups is 1. The third kappa shape index (κ3) is 2.29. The summed E-state index contributed by atoms with van der Waals surface area (Å²) in [7, 11) is 0. The second-order valence-corrected chi connectivity index (χ2v) is 3.39. The largest absolute Gasteiger partial charge is 0.375 e. The molecule has 6 heteroatoms. The monoisotopic (exact) mass is 219 g/mol. The molecular weight excluding hydrogens is 210 g/mol. The molecule has 0 radical (unpaired) electrons.